The van der Waals surface area contributed by atoms with Crippen LogP contribution < -0.4 is 19.5 Å². The lowest BCUT2D eigenvalue weighted by Gasteiger charge is -2.19. The highest BCUT2D eigenvalue weighted by Crippen LogP contribution is 2.26. The monoisotopic (exact) mass is 357 g/mol. The molecule has 0 aromatic heterocycles. The molecular weight excluding hydrogens is 330 g/mol. The molecular formula is C21H27NO4. The van der Waals surface area contributed by atoms with Gasteiger partial charge in [0.25, 0.3) is 0 Å². The topological polar surface area (TPSA) is 56.8 Å². The van der Waals surface area contributed by atoms with Crippen molar-refractivity contribution in [3.05, 3.63) is 48.0 Å². The molecule has 0 spiro atoms. The van der Waals surface area contributed by atoms with Crippen molar-refractivity contribution in [2.75, 3.05) is 26.1 Å². The number of benzene rings is 2. The number of hydrogen-bond acceptors (Lipinski definition) is 4. The molecule has 0 fully saturated rings. The van der Waals surface area contributed by atoms with Crippen LogP contribution in [0.1, 0.15) is 32.8 Å². The number of carbonyl (C=O) groups excluding carboxylic acids is 1. The van der Waals surface area contributed by atoms with Crippen LogP contribution in [0.2, 0.25) is 0 Å². The molecule has 1 amide bonds. The lowest BCUT2D eigenvalue weighted by atomic mass is 9.87. The number of anilines is 1. The molecule has 2 aromatic carbocycles. The third-order valence-corrected chi connectivity index (χ3v) is 3.95. The third-order valence-electron chi connectivity index (χ3n) is 3.95. The van der Waals surface area contributed by atoms with E-state index in [1.54, 1.807) is 32.4 Å². The van der Waals surface area contributed by atoms with E-state index in [0.717, 1.165) is 5.75 Å². The van der Waals surface area contributed by atoms with E-state index in [-0.39, 0.29) is 17.7 Å². The second kappa shape index (κ2) is 8.61. The fourth-order valence-corrected chi connectivity index (χ4v) is 2.42. The number of methoxy groups -OCH3 is 2. The lowest BCUT2D eigenvalue weighted by Crippen LogP contribution is -2.15. The Morgan fingerprint density at radius 3 is 2.00 bits per heavy atom. The first-order valence-electron chi connectivity index (χ1n) is 8.58. The van der Waals surface area contributed by atoms with E-state index >= 15 is 0 Å². The van der Waals surface area contributed by atoms with Crippen LogP contribution in [0, 0.1) is 0 Å². The van der Waals surface area contributed by atoms with Crippen molar-refractivity contribution in [2.24, 2.45) is 0 Å². The van der Waals surface area contributed by atoms with Gasteiger partial charge in [0.2, 0.25) is 5.91 Å². The van der Waals surface area contributed by atoms with Gasteiger partial charge in [-0.1, -0.05) is 32.9 Å². The summed E-state index contributed by atoms with van der Waals surface area (Å²) in [5.74, 6) is 1.87. The van der Waals surface area contributed by atoms with Crippen molar-refractivity contribution in [3.63, 3.8) is 0 Å². The Morgan fingerprint density at radius 2 is 1.50 bits per heavy atom. The maximum Gasteiger partial charge on any atom is 0.227 e. The Labute approximate surface area is 155 Å². The number of amides is 1. The van der Waals surface area contributed by atoms with Crippen LogP contribution in [0.15, 0.2) is 42.5 Å². The fraction of sp³-hybridized carbons (Fsp3) is 0.381. The van der Waals surface area contributed by atoms with Crippen LogP contribution in [0.4, 0.5) is 5.69 Å². The first-order chi connectivity index (χ1) is 12.3. The van der Waals surface area contributed by atoms with E-state index in [0.29, 0.717) is 23.8 Å². The van der Waals surface area contributed by atoms with Crippen LogP contribution >= 0.6 is 0 Å². The predicted molar refractivity (Wildman–Crippen MR) is 103 cm³/mol. The summed E-state index contributed by atoms with van der Waals surface area (Å²) in [5, 5.41) is 2.83. The van der Waals surface area contributed by atoms with Gasteiger partial charge in [-0.2, -0.15) is 0 Å². The summed E-state index contributed by atoms with van der Waals surface area (Å²) < 4.78 is 16.1. The van der Waals surface area contributed by atoms with Crippen molar-refractivity contribution in [1.82, 2.24) is 0 Å². The van der Waals surface area contributed by atoms with Gasteiger partial charge in [-0.05, 0) is 23.1 Å². The molecule has 2 aromatic rings. The summed E-state index contributed by atoms with van der Waals surface area (Å²) in [5.41, 5.74) is 1.98. The zero-order valence-electron chi connectivity index (χ0n) is 16.1. The Balaban J connectivity index is 1.85. The zero-order valence-corrected chi connectivity index (χ0v) is 16.1. The van der Waals surface area contributed by atoms with Crippen LogP contribution in [0.25, 0.3) is 0 Å². The van der Waals surface area contributed by atoms with E-state index in [1.165, 1.54) is 5.56 Å². The average Bonchev–Trinajstić information content (AvgIpc) is 2.61. The second-order valence-corrected chi connectivity index (χ2v) is 7.02. The molecule has 26 heavy (non-hydrogen) atoms. The van der Waals surface area contributed by atoms with Crippen LogP contribution in [0.5, 0.6) is 17.2 Å². The normalized spacial score (nSPS) is 11.0. The summed E-state index contributed by atoms with van der Waals surface area (Å²) in [6.45, 7) is 6.81. The molecule has 0 aliphatic heterocycles. The molecule has 0 radical (unpaired) electrons. The molecule has 0 saturated carbocycles. The van der Waals surface area contributed by atoms with E-state index in [2.05, 4.69) is 38.2 Å². The van der Waals surface area contributed by atoms with Gasteiger partial charge in [-0.25, -0.2) is 0 Å². The van der Waals surface area contributed by atoms with Crippen molar-refractivity contribution in [1.29, 1.82) is 0 Å². The average molecular weight is 357 g/mol. The van der Waals surface area contributed by atoms with Gasteiger partial charge >= 0.3 is 0 Å². The minimum atomic E-state index is -0.133. The fourth-order valence-electron chi connectivity index (χ4n) is 2.42. The molecule has 0 unspecified atom stereocenters. The van der Waals surface area contributed by atoms with Crippen LogP contribution in [-0.4, -0.2) is 26.7 Å². The number of rotatable bonds is 7. The molecule has 2 rings (SSSR count). The largest absolute Gasteiger partial charge is 0.497 e. The summed E-state index contributed by atoms with van der Waals surface area (Å²) >= 11 is 0. The highest BCUT2D eigenvalue weighted by molar-refractivity contribution is 5.91. The molecule has 0 heterocycles. The molecule has 0 atom stereocenters. The minimum Gasteiger partial charge on any atom is -0.497 e. The van der Waals surface area contributed by atoms with Gasteiger partial charge in [-0.15, -0.1) is 0 Å². The Morgan fingerprint density at radius 1 is 0.923 bits per heavy atom. The molecule has 0 bridgehead atoms. The number of carbonyl (C=O) groups is 1. The lowest BCUT2D eigenvalue weighted by molar-refractivity contribution is -0.116. The Bertz CT molecular complexity index is 710. The van der Waals surface area contributed by atoms with Gasteiger partial charge in [0.05, 0.1) is 27.2 Å². The second-order valence-electron chi connectivity index (χ2n) is 7.02. The summed E-state index contributed by atoms with van der Waals surface area (Å²) in [6.07, 6.45) is 0.251. The van der Waals surface area contributed by atoms with Crippen molar-refractivity contribution in [2.45, 2.75) is 32.6 Å². The first-order valence-corrected chi connectivity index (χ1v) is 8.58. The molecule has 0 aliphatic rings. The third kappa shape index (κ3) is 5.69. The van der Waals surface area contributed by atoms with Crippen molar-refractivity contribution >= 4 is 11.6 Å². The van der Waals surface area contributed by atoms with Crippen molar-refractivity contribution in [3.8, 4) is 17.2 Å². The van der Waals surface area contributed by atoms with Gasteiger partial charge < -0.3 is 19.5 Å². The molecule has 1 N–H and O–H groups in total. The Hall–Kier alpha value is -2.69. The van der Waals surface area contributed by atoms with E-state index in [4.69, 9.17) is 14.2 Å². The van der Waals surface area contributed by atoms with E-state index in [1.807, 2.05) is 12.1 Å². The maximum absolute atomic E-state index is 12.1. The van der Waals surface area contributed by atoms with Gasteiger partial charge in [0, 0.05) is 23.9 Å². The SMILES string of the molecule is COc1cc(NC(=O)CCOc2ccc(C(C)(C)C)cc2)cc(OC)c1. The summed E-state index contributed by atoms with van der Waals surface area (Å²) in [6, 6.07) is 13.2. The highest BCUT2D eigenvalue weighted by Gasteiger charge is 2.13. The number of hydrogen-bond donors (Lipinski definition) is 1. The first kappa shape index (κ1) is 19.6. The molecule has 5 nitrogen and oxygen atoms in total. The summed E-state index contributed by atoms with van der Waals surface area (Å²) in [7, 11) is 3.14. The van der Waals surface area contributed by atoms with E-state index in [9.17, 15) is 4.79 Å². The van der Waals surface area contributed by atoms with Crippen LogP contribution in [0.3, 0.4) is 0 Å². The Kier molecular flexibility index (Phi) is 6.50. The molecule has 0 saturated heterocycles. The minimum absolute atomic E-state index is 0.107. The van der Waals surface area contributed by atoms with Crippen LogP contribution in [-0.2, 0) is 10.2 Å². The number of nitrogens with one attached hydrogen (secondary N) is 1. The van der Waals surface area contributed by atoms with Gasteiger partial charge in [-0.3, -0.25) is 4.79 Å². The van der Waals surface area contributed by atoms with Gasteiger partial charge in [0.15, 0.2) is 0 Å². The van der Waals surface area contributed by atoms with Crippen molar-refractivity contribution < 1.29 is 19.0 Å². The molecule has 140 valence electrons. The highest BCUT2D eigenvalue weighted by atomic mass is 16.5. The number of ether oxygens (including phenoxy) is 3. The standard InChI is InChI=1S/C21H27NO4/c1-21(2,3)15-6-8-17(9-7-15)26-11-10-20(23)22-16-12-18(24-4)14-19(13-16)25-5/h6-9,12-14H,10-11H2,1-5H3,(H,22,23). The quantitative estimate of drug-likeness (QED) is 0.797. The maximum atomic E-state index is 12.1. The van der Waals surface area contributed by atoms with Gasteiger partial charge in [0.1, 0.15) is 17.2 Å². The van der Waals surface area contributed by atoms with E-state index < -0.39 is 0 Å². The molecule has 5 heteroatoms. The smallest absolute Gasteiger partial charge is 0.227 e. The predicted octanol–water partition coefficient (Wildman–Crippen LogP) is 4.41. The summed E-state index contributed by atoms with van der Waals surface area (Å²) in [4.78, 5) is 12.1. The molecule has 0 aliphatic carbocycles. The zero-order chi connectivity index (χ0) is 19.2.